The van der Waals surface area contributed by atoms with E-state index in [0.29, 0.717) is 23.6 Å². The number of nitro groups is 1. The van der Waals surface area contributed by atoms with Crippen LogP contribution in [-0.4, -0.2) is 23.3 Å². The van der Waals surface area contributed by atoms with E-state index in [-0.39, 0.29) is 17.0 Å². The van der Waals surface area contributed by atoms with Crippen molar-refractivity contribution in [3.63, 3.8) is 0 Å². The van der Waals surface area contributed by atoms with E-state index < -0.39 is 4.92 Å². The Morgan fingerprint density at radius 3 is 2.70 bits per heavy atom. The molecule has 0 radical (unpaired) electrons. The zero-order valence-electron chi connectivity index (χ0n) is 11.3. The summed E-state index contributed by atoms with van der Waals surface area (Å²) in [4.78, 5) is 22.3. The molecule has 1 N–H and O–H groups in total. The van der Waals surface area contributed by atoms with Gasteiger partial charge < -0.3 is 5.32 Å². The highest BCUT2D eigenvalue weighted by molar-refractivity contribution is 6.17. The van der Waals surface area contributed by atoms with E-state index in [9.17, 15) is 14.9 Å². The summed E-state index contributed by atoms with van der Waals surface area (Å²) >= 11 is 5.75. The average molecular weight is 297 g/mol. The maximum atomic E-state index is 12.1. The van der Waals surface area contributed by atoms with Crippen LogP contribution >= 0.6 is 11.6 Å². The number of amides is 1. The Morgan fingerprint density at radius 1 is 1.50 bits per heavy atom. The topological polar surface area (TPSA) is 72.2 Å². The van der Waals surface area contributed by atoms with Crippen LogP contribution < -0.4 is 5.32 Å². The summed E-state index contributed by atoms with van der Waals surface area (Å²) in [6.07, 6.45) is 3.10. The molecular weight excluding hydrogens is 280 g/mol. The van der Waals surface area contributed by atoms with Gasteiger partial charge in [-0.3, -0.25) is 14.9 Å². The summed E-state index contributed by atoms with van der Waals surface area (Å²) < 4.78 is 0. The van der Waals surface area contributed by atoms with Crippen LogP contribution in [0.3, 0.4) is 0 Å². The maximum absolute atomic E-state index is 12.1. The number of carbonyl (C=O) groups is 1. The highest BCUT2D eigenvalue weighted by Crippen LogP contribution is 2.48. The molecule has 0 heterocycles. The van der Waals surface area contributed by atoms with Crippen LogP contribution in [0.15, 0.2) is 18.2 Å². The van der Waals surface area contributed by atoms with Crippen LogP contribution in [0.25, 0.3) is 0 Å². The van der Waals surface area contributed by atoms with Gasteiger partial charge in [0.15, 0.2) is 0 Å². The largest absolute Gasteiger partial charge is 0.351 e. The van der Waals surface area contributed by atoms with Crippen molar-refractivity contribution in [1.82, 2.24) is 5.32 Å². The van der Waals surface area contributed by atoms with E-state index in [0.717, 1.165) is 19.3 Å². The maximum Gasteiger partial charge on any atom is 0.269 e. The molecule has 1 saturated carbocycles. The highest BCUT2D eigenvalue weighted by Gasteiger charge is 2.41. The molecule has 0 atom stereocenters. The van der Waals surface area contributed by atoms with Crippen molar-refractivity contribution in [3.05, 3.63) is 39.4 Å². The molecule has 0 bridgehead atoms. The molecule has 0 aromatic heterocycles. The molecule has 1 aromatic carbocycles. The quantitative estimate of drug-likeness (QED) is 0.498. The van der Waals surface area contributed by atoms with E-state index in [1.54, 1.807) is 6.92 Å². The number of nitro benzene ring substituents is 1. The normalized spacial score (nSPS) is 15.7. The molecule has 0 aliphatic heterocycles. The molecule has 1 aliphatic rings. The Labute approximate surface area is 122 Å². The van der Waals surface area contributed by atoms with E-state index in [4.69, 9.17) is 11.6 Å². The smallest absolute Gasteiger partial charge is 0.269 e. The number of non-ortho nitro benzene ring substituents is 1. The average Bonchev–Trinajstić information content (AvgIpc) is 3.16. The van der Waals surface area contributed by atoms with Crippen molar-refractivity contribution >= 4 is 23.2 Å². The number of carbonyl (C=O) groups excluding carboxylic acids is 1. The van der Waals surface area contributed by atoms with Gasteiger partial charge >= 0.3 is 0 Å². The third-order valence-corrected chi connectivity index (χ3v) is 4.06. The molecule has 6 heteroatoms. The van der Waals surface area contributed by atoms with Gasteiger partial charge in [0.1, 0.15) is 0 Å². The Morgan fingerprint density at radius 2 is 2.20 bits per heavy atom. The number of benzene rings is 1. The molecular formula is C14H17ClN2O3. The van der Waals surface area contributed by atoms with Crippen molar-refractivity contribution in [2.75, 3.05) is 12.4 Å². The molecule has 1 amide bonds. The standard InChI is InChI=1S/C14H17ClN2O3/c1-10-8-11(17(19)20)2-3-12(10)13(18)16-9-14(4-5-14)6-7-15/h2-3,8H,4-7,9H2,1H3,(H,16,18). The van der Waals surface area contributed by atoms with Crippen molar-refractivity contribution < 1.29 is 9.72 Å². The fourth-order valence-corrected chi connectivity index (χ4v) is 2.67. The second-order valence-corrected chi connectivity index (χ2v) is 5.76. The number of alkyl halides is 1. The summed E-state index contributed by atoms with van der Waals surface area (Å²) in [5.41, 5.74) is 1.27. The van der Waals surface area contributed by atoms with Crippen molar-refractivity contribution in [2.45, 2.75) is 26.2 Å². The van der Waals surface area contributed by atoms with Gasteiger partial charge in [0.2, 0.25) is 0 Å². The first-order chi connectivity index (χ1) is 9.47. The van der Waals surface area contributed by atoms with Crippen LogP contribution in [0.1, 0.15) is 35.2 Å². The van der Waals surface area contributed by atoms with Gasteiger partial charge in [-0.05, 0) is 43.2 Å². The summed E-state index contributed by atoms with van der Waals surface area (Å²) in [6, 6.07) is 4.28. The first kappa shape index (κ1) is 14.8. The number of hydrogen-bond acceptors (Lipinski definition) is 3. The van der Waals surface area contributed by atoms with Crippen molar-refractivity contribution in [2.24, 2.45) is 5.41 Å². The Kier molecular flexibility index (Phi) is 4.28. The molecule has 1 aromatic rings. The minimum absolute atomic E-state index is 0.000136. The fourth-order valence-electron chi connectivity index (χ4n) is 2.27. The number of aryl methyl sites for hydroxylation is 1. The Balaban J connectivity index is 2.01. The Hall–Kier alpha value is -1.62. The monoisotopic (exact) mass is 296 g/mol. The summed E-state index contributed by atoms with van der Waals surface area (Å²) in [5.74, 6) is 0.421. The van der Waals surface area contributed by atoms with Gasteiger partial charge in [0, 0.05) is 30.1 Å². The minimum Gasteiger partial charge on any atom is -0.351 e. The molecule has 20 heavy (non-hydrogen) atoms. The summed E-state index contributed by atoms with van der Waals surface area (Å²) in [7, 11) is 0. The predicted octanol–water partition coefficient (Wildman–Crippen LogP) is 3.04. The molecule has 1 fully saturated rings. The second kappa shape index (κ2) is 5.79. The number of nitrogens with one attached hydrogen (secondary N) is 1. The van der Waals surface area contributed by atoms with Crippen molar-refractivity contribution in [3.8, 4) is 0 Å². The van der Waals surface area contributed by atoms with Gasteiger partial charge in [-0.15, -0.1) is 11.6 Å². The first-order valence-electron chi connectivity index (χ1n) is 6.57. The van der Waals surface area contributed by atoms with Gasteiger partial charge in [0.05, 0.1) is 4.92 Å². The van der Waals surface area contributed by atoms with E-state index in [2.05, 4.69) is 5.32 Å². The van der Waals surface area contributed by atoms with Gasteiger partial charge in [0.25, 0.3) is 11.6 Å². The van der Waals surface area contributed by atoms with Gasteiger partial charge in [-0.25, -0.2) is 0 Å². The lowest BCUT2D eigenvalue weighted by molar-refractivity contribution is -0.384. The summed E-state index contributed by atoms with van der Waals surface area (Å²) in [5, 5.41) is 13.6. The number of hydrogen-bond donors (Lipinski definition) is 1. The lowest BCUT2D eigenvalue weighted by Gasteiger charge is -2.15. The van der Waals surface area contributed by atoms with Crippen LogP contribution in [-0.2, 0) is 0 Å². The Bertz CT molecular complexity index is 541. The molecule has 2 rings (SSSR count). The third kappa shape index (κ3) is 3.28. The third-order valence-electron chi connectivity index (χ3n) is 3.87. The van der Waals surface area contributed by atoms with Gasteiger partial charge in [-0.2, -0.15) is 0 Å². The first-order valence-corrected chi connectivity index (χ1v) is 7.10. The molecule has 5 nitrogen and oxygen atoms in total. The fraction of sp³-hybridized carbons (Fsp3) is 0.500. The van der Waals surface area contributed by atoms with Crippen LogP contribution in [0, 0.1) is 22.5 Å². The van der Waals surface area contributed by atoms with Gasteiger partial charge in [-0.1, -0.05) is 0 Å². The van der Waals surface area contributed by atoms with E-state index >= 15 is 0 Å². The lowest BCUT2D eigenvalue weighted by atomic mass is 10.0. The second-order valence-electron chi connectivity index (χ2n) is 5.38. The molecule has 108 valence electrons. The summed E-state index contributed by atoms with van der Waals surface area (Å²) in [6.45, 7) is 2.32. The van der Waals surface area contributed by atoms with Crippen LogP contribution in [0.2, 0.25) is 0 Å². The number of rotatable bonds is 6. The molecule has 0 spiro atoms. The lowest BCUT2D eigenvalue weighted by Crippen LogP contribution is -2.30. The number of nitrogens with zero attached hydrogens (tertiary/aromatic N) is 1. The zero-order valence-corrected chi connectivity index (χ0v) is 12.1. The molecule has 0 saturated heterocycles. The van der Waals surface area contributed by atoms with Crippen LogP contribution in [0.4, 0.5) is 5.69 Å². The molecule has 1 aliphatic carbocycles. The van der Waals surface area contributed by atoms with E-state index in [1.807, 2.05) is 0 Å². The zero-order chi connectivity index (χ0) is 14.8. The highest BCUT2D eigenvalue weighted by atomic mass is 35.5. The predicted molar refractivity (Wildman–Crippen MR) is 77.2 cm³/mol. The van der Waals surface area contributed by atoms with Crippen molar-refractivity contribution in [1.29, 1.82) is 0 Å². The van der Waals surface area contributed by atoms with E-state index in [1.165, 1.54) is 18.2 Å². The number of halogens is 1. The van der Waals surface area contributed by atoms with Crippen LogP contribution in [0.5, 0.6) is 0 Å². The SMILES string of the molecule is Cc1cc([N+](=O)[O-])ccc1C(=O)NCC1(CCCl)CC1. The molecule has 0 unspecified atom stereocenters. The minimum atomic E-state index is -0.464.